The Bertz CT molecular complexity index is 327. The Hall–Kier alpha value is -1.57. The number of hydrogen-bond donors (Lipinski definition) is 1. The second-order valence-electron chi connectivity index (χ2n) is 2.74. The molecule has 12 heavy (non-hydrogen) atoms. The van der Waals surface area contributed by atoms with Crippen LogP contribution in [0.1, 0.15) is 12.0 Å². The topological polar surface area (TPSA) is 29.1 Å². The van der Waals surface area contributed by atoms with Crippen molar-refractivity contribution in [1.82, 2.24) is 5.32 Å². The summed E-state index contributed by atoms with van der Waals surface area (Å²) in [5, 5.41) is 2.79. The van der Waals surface area contributed by atoms with Gasteiger partial charge in [0.2, 0.25) is 5.91 Å². The first-order valence-electron chi connectivity index (χ1n) is 3.92. The molecule has 0 saturated carbocycles. The Labute approximate surface area is 70.9 Å². The zero-order chi connectivity index (χ0) is 8.39. The molecule has 0 radical (unpaired) electrons. The van der Waals surface area contributed by atoms with Gasteiger partial charge in [0.15, 0.2) is 0 Å². The molecule has 0 fully saturated rings. The summed E-state index contributed by atoms with van der Waals surface area (Å²) < 4.78 is 0. The van der Waals surface area contributed by atoms with Gasteiger partial charge in [0.05, 0.1) is 0 Å². The quantitative estimate of drug-likeness (QED) is 0.661. The molecule has 1 amide bonds. The van der Waals surface area contributed by atoms with Crippen molar-refractivity contribution in [3.8, 4) is 0 Å². The van der Waals surface area contributed by atoms with Crippen molar-refractivity contribution in [2.24, 2.45) is 0 Å². The summed E-state index contributed by atoms with van der Waals surface area (Å²) in [7, 11) is 0. The van der Waals surface area contributed by atoms with Crippen molar-refractivity contribution in [2.45, 2.75) is 6.42 Å². The van der Waals surface area contributed by atoms with Gasteiger partial charge in [0.1, 0.15) is 0 Å². The lowest BCUT2D eigenvalue weighted by molar-refractivity contribution is -0.118. The Morgan fingerprint density at radius 1 is 1.17 bits per heavy atom. The van der Waals surface area contributed by atoms with Crippen LogP contribution in [0.2, 0.25) is 0 Å². The van der Waals surface area contributed by atoms with Crippen LogP contribution >= 0.6 is 0 Å². The molecule has 1 aromatic carbocycles. The molecular formula is C10H9NO. The summed E-state index contributed by atoms with van der Waals surface area (Å²) in [6, 6.07) is 9.84. The van der Waals surface area contributed by atoms with E-state index in [0.29, 0.717) is 6.42 Å². The lowest BCUT2D eigenvalue weighted by atomic mass is 10.2. The number of rotatable bonds is 1. The maximum atomic E-state index is 10.9. The van der Waals surface area contributed by atoms with Crippen LogP contribution in [-0.2, 0) is 4.79 Å². The van der Waals surface area contributed by atoms with E-state index in [-0.39, 0.29) is 5.91 Å². The fourth-order valence-electron chi connectivity index (χ4n) is 1.25. The van der Waals surface area contributed by atoms with E-state index in [0.717, 1.165) is 11.3 Å². The summed E-state index contributed by atoms with van der Waals surface area (Å²) in [6.07, 6.45) is 2.42. The largest absolute Gasteiger partial charge is 0.326 e. The van der Waals surface area contributed by atoms with Crippen molar-refractivity contribution in [3.05, 3.63) is 42.0 Å². The second kappa shape index (κ2) is 2.81. The van der Waals surface area contributed by atoms with E-state index in [1.807, 2.05) is 36.4 Å². The third-order valence-electron chi connectivity index (χ3n) is 1.85. The number of hydrogen-bond acceptors (Lipinski definition) is 1. The normalized spacial score (nSPS) is 15.7. The van der Waals surface area contributed by atoms with Crippen LogP contribution in [0.3, 0.4) is 0 Å². The molecule has 2 heteroatoms. The van der Waals surface area contributed by atoms with E-state index in [1.54, 1.807) is 0 Å². The Kier molecular flexibility index (Phi) is 1.67. The lowest BCUT2D eigenvalue weighted by Gasteiger charge is -2.01. The summed E-state index contributed by atoms with van der Waals surface area (Å²) in [4.78, 5) is 10.9. The highest BCUT2D eigenvalue weighted by atomic mass is 16.1. The zero-order valence-electron chi connectivity index (χ0n) is 6.58. The third-order valence-corrected chi connectivity index (χ3v) is 1.85. The molecule has 0 bridgehead atoms. The average Bonchev–Trinajstić information content (AvgIpc) is 2.54. The molecule has 0 aliphatic carbocycles. The highest BCUT2D eigenvalue weighted by molar-refractivity contribution is 5.93. The van der Waals surface area contributed by atoms with Gasteiger partial charge >= 0.3 is 0 Å². The first kappa shape index (κ1) is 7.10. The van der Waals surface area contributed by atoms with Gasteiger partial charge in [-0.15, -0.1) is 0 Å². The van der Waals surface area contributed by atoms with Crippen molar-refractivity contribution in [2.75, 3.05) is 0 Å². The van der Waals surface area contributed by atoms with Crippen molar-refractivity contribution in [3.63, 3.8) is 0 Å². The molecule has 2 rings (SSSR count). The SMILES string of the molecule is O=C1CC=C(c2ccccc2)N1. The van der Waals surface area contributed by atoms with Crippen LogP contribution in [0.25, 0.3) is 5.70 Å². The van der Waals surface area contributed by atoms with E-state index in [2.05, 4.69) is 5.32 Å². The smallest absolute Gasteiger partial charge is 0.228 e. The maximum absolute atomic E-state index is 10.9. The minimum absolute atomic E-state index is 0.0776. The number of nitrogens with one attached hydrogen (secondary N) is 1. The minimum atomic E-state index is 0.0776. The third kappa shape index (κ3) is 1.23. The molecule has 2 nitrogen and oxygen atoms in total. The van der Waals surface area contributed by atoms with Crippen molar-refractivity contribution < 1.29 is 4.79 Å². The Balaban J connectivity index is 2.28. The average molecular weight is 159 g/mol. The number of benzene rings is 1. The van der Waals surface area contributed by atoms with E-state index in [4.69, 9.17) is 0 Å². The fraction of sp³-hybridized carbons (Fsp3) is 0.100. The van der Waals surface area contributed by atoms with E-state index in [9.17, 15) is 4.79 Å². The Morgan fingerprint density at radius 3 is 2.50 bits per heavy atom. The van der Waals surface area contributed by atoms with Crippen LogP contribution in [0.5, 0.6) is 0 Å². The first-order valence-corrected chi connectivity index (χ1v) is 3.92. The van der Waals surface area contributed by atoms with Gasteiger partial charge < -0.3 is 5.32 Å². The van der Waals surface area contributed by atoms with Gasteiger partial charge in [-0.3, -0.25) is 4.79 Å². The van der Waals surface area contributed by atoms with Crippen LogP contribution < -0.4 is 5.32 Å². The molecule has 0 spiro atoms. The standard InChI is InChI=1S/C10H9NO/c12-10-7-6-9(11-10)8-4-2-1-3-5-8/h1-6H,7H2,(H,11,12). The minimum Gasteiger partial charge on any atom is -0.326 e. The molecule has 0 saturated heterocycles. The highest BCUT2D eigenvalue weighted by Gasteiger charge is 2.11. The van der Waals surface area contributed by atoms with Crippen LogP contribution in [0, 0.1) is 0 Å². The van der Waals surface area contributed by atoms with Crippen molar-refractivity contribution >= 4 is 11.6 Å². The van der Waals surface area contributed by atoms with Gasteiger partial charge in [0, 0.05) is 12.1 Å². The number of carbonyl (C=O) groups excluding carboxylic acids is 1. The van der Waals surface area contributed by atoms with Crippen LogP contribution in [0.15, 0.2) is 36.4 Å². The van der Waals surface area contributed by atoms with E-state index in [1.165, 1.54) is 0 Å². The predicted molar refractivity (Wildman–Crippen MR) is 47.2 cm³/mol. The molecule has 60 valence electrons. The molecule has 0 atom stereocenters. The highest BCUT2D eigenvalue weighted by Crippen LogP contribution is 2.15. The zero-order valence-corrected chi connectivity index (χ0v) is 6.58. The first-order chi connectivity index (χ1) is 5.86. The summed E-state index contributed by atoms with van der Waals surface area (Å²) in [5.41, 5.74) is 2.00. The number of carbonyl (C=O) groups is 1. The van der Waals surface area contributed by atoms with Crippen LogP contribution in [-0.4, -0.2) is 5.91 Å². The molecule has 1 heterocycles. The predicted octanol–water partition coefficient (Wildman–Crippen LogP) is 1.55. The van der Waals surface area contributed by atoms with Crippen molar-refractivity contribution in [1.29, 1.82) is 0 Å². The Morgan fingerprint density at radius 2 is 1.92 bits per heavy atom. The lowest BCUT2D eigenvalue weighted by Crippen LogP contribution is -2.13. The molecular weight excluding hydrogens is 150 g/mol. The summed E-state index contributed by atoms with van der Waals surface area (Å²) in [5.74, 6) is 0.0776. The van der Waals surface area contributed by atoms with Gasteiger partial charge in [-0.25, -0.2) is 0 Å². The number of amides is 1. The molecule has 0 unspecified atom stereocenters. The molecule has 1 aliphatic rings. The van der Waals surface area contributed by atoms with Gasteiger partial charge in [-0.1, -0.05) is 36.4 Å². The second-order valence-corrected chi connectivity index (χ2v) is 2.74. The van der Waals surface area contributed by atoms with E-state index >= 15 is 0 Å². The van der Waals surface area contributed by atoms with Gasteiger partial charge in [0.25, 0.3) is 0 Å². The summed E-state index contributed by atoms with van der Waals surface area (Å²) >= 11 is 0. The monoisotopic (exact) mass is 159 g/mol. The van der Waals surface area contributed by atoms with E-state index < -0.39 is 0 Å². The fourth-order valence-corrected chi connectivity index (χ4v) is 1.25. The molecule has 1 N–H and O–H groups in total. The summed E-state index contributed by atoms with van der Waals surface area (Å²) in [6.45, 7) is 0. The van der Waals surface area contributed by atoms with Gasteiger partial charge in [-0.05, 0) is 5.56 Å². The molecule has 1 aromatic rings. The maximum Gasteiger partial charge on any atom is 0.228 e. The van der Waals surface area contributed by atoms with Crippen LogP contribution in [0.4, 0.5) is 0 Å². The van der Waals surface area contributed by atoms with Gasteiger partial charge in [-0.2, -0.15) is 0 Å². The molecule has 0 aromatic heterocycles. The molecule has 1 aliphatic heterocycles.